The van der Waals surface area contributed by atoms with Crippen LogP contribution >= 0.6 is 11.8 Å². The minimum Gasteiger partial charge on any atom is -0.399 e. The molecule has 3 aromatic carbocycles. The Morgan fingerprint density at radius 2 is 1.61 bits per heavy atom. The zero-order valence-corrected chi connectivity index (χ0v) is 13.4. The minimum atomic E-state index is 0.754. The molecule has 0 bridgehead atoms. The highest BCUT2D eigenvalue weighted by molar-refractivity contribution is 7.99. The van der Waals surface area contributed by atoms with Gasteiger partial charge < -0.3 is 11.1 Å². The molecule has 1 aliphatic heterocycles. The van der Waals surface area contributed by atoms with Crippen LogP contribution in [-0.2, 0) is 0 Å². The molecule has 112 valence electrons. The Morgan fingerprint density at radius 1 is 0.826 bits per heavy atom. The second kappa shape index (κ2) is 5.52. The molecule has 0 atom stereocenters. The molecular formula is C20H16N2S. The Bertz CT molecular complexity index is 915. The van der Waals surface area contributed by atoms with Crippen LogP contribution in [0.1, 0.15) is 11.1 Å². The summed E-state index contributed by atoms with van der Waals surface area (Å²) in [6.07, 6.45) is 0. The Morgan fingerprint density at radius 3 is 2.48 bits per heavy atom. The fourth-order valence-electron chi connectivity index (χ4n) is 2.72. The lowest BCUT2D eigenvalue weighted by atomic mass is 9.98. The molecule has 0 saturated heterocycles. The molecule has 1 heterocycles. The van der Waals surface area contributed by atoms with E-state index in [0.29, 0.717) is 0 Å². The summed E-state index contributed by atoms with van der Waals surface area (Å²) in [4.78, 5) is 2.48. The predicted molar refractivity (Wildman–Crippen MR) is 99.3 cm³/mol. The van der Waals surface area contributed by atoms with E-state index < -0.39 is 0 Å². The molecule has 0 fully saturated rings. The summed E-state index contributed by atoms with van der Waals surface area (Å²) in [6, 6.07) is 22.6. The van der Waals surface area contributed by atoms with Crippen molar-refractivity contribution >= 4 is 34.4 Å². The van der Waals surface area contributed by atoms with Crippen LogP contribution in [0.3, 0.4) is 0 Å². The van der Waals surface area contributed by atoms with Crippen molar-refractivity contribution in [1.29, 1.82) is 0 Å². The van der Waals surface area contributed by atoms with Gasteiger partial charge in [-0.15, -0.1) is 0 Å². The molecule has 23 heavy (non-hydrogen) atoms. The third-order valence-electron chi connectivity index (χ3n) is 3.94. The topological polar surface area (TPSA) is 38.0 Å². The van der Waals surface area contributed by atoms with Gasteiger partial charge >= 0.3 is 0 Å². The number of nitrogens with two attached hydrogens (primary N) is 1. The maximum absolute atomic E-state index is 5.88. The lowest BCUT2D eigenvalue weighted by Crippen LogP contribution is -2.00. The van der Waals surface area contributed by atoms with Crippen LogP contribution in [0.2, 0.25) is 0 Å². The highest BCUT2D eigenvalue weighted by Crippen LogP contribution is 2.44. The predicted octanol–water partition coefficient (Wildman–Crippen LogP) is 5.54. The standard InChI is InChI=1S/C20H16N2S/c1-13(14-5-4-6-16(21)11-14)15-9-10-20-18(12-15)22-17-7-2-3-8-19(17)23-20/h2-12,22H,1,21H2. The zero-order valence-electron chi connectivity index (χ0n) is 12.5. The summed E-state index contributed by atoms with van der Waals surface area (Å²) in [5, 5.41) is 3.51. The summed E-state index contributed by atoms with van der Waals surface area (Å²) in [5.41, 5.74) is 12.0. The van der Waals surface area contributed by atoms with Crippen molar-refractivity contribution < 1.29 is 0 Å². The number of fused-ring (bicyclic) bond motifs is 2. The van der Waals surface area contributed by atoms with Gasteiger partial charge in [-0.3, -0.25) is 0 Å². The van der Waals surface area contributed by atoms with Crippen molar-refractivity contribution in [3.05, 3.63) is 84.4 Å². The lowest BCUT2D eigenvalue weighted by Gasteiger charge is -2.21. The summed E-state index contributed by atoms with van der Waals surface area (Å²) in [6.45, 7) is 4.24. The average molecular weight is 316 g/mol. The molecule has 0 amide bonds. The largest absolute Gasteiger partial charge is 0.399 e. The number of anilines is 3. The molecule has 0 radical (unpaired) electrons. The molecule has 4 rings (SSSR count). The van der Waals surface area contributed by atoms with Gasteiger partial charge in [0, 0.05) is 15.5 Å². The number of hydrogen-bond donors (Lipinski definition) is 2. The number of para-hydroxylation sites is 1. The van der Waals surface area contributed by atoms with Gasteiger partial charge in [0.2, 0.25) is 0 Å². The summed E-state index contributed by atoms with van der Waals surface area (Å²) < 4.78 is 0. The van der Waals surface area contributed by atoms with Gasteiger partial charge in [0.15, 0.2) is 0 Å². The normalized spacial score (nSPS) is 12.0. The number of rotatable bonds is 2. The first-order chi connectivity index (χ1) is 11.2. The molecule has 3 aromatic rings. The van der Waals surface area contributed by atoms with Crippen LogP contribution < -0.4 is 11.1 Å². The van der Waals surface area contributed by atoms with Gasteiger partial charge in [0.25, 0.3) is 0 Å². The number of hydrogen-bond acceptors (Lipinski definition) is 3. The molecule has 3 N–H and O–H groups in total. The SMILES string of the molecule is C=C(c1cccc(N)c1)c1ccc2c(c1)Nc1ccccc1S2. The minimum absolute atomic E-state index is 0.754. The second-order valence-electron chi connectivity index (χ2n) is 5.54. The first-order valence-corrected chi connectivity index (χ1v) is 8.25. The molecule has 0 aliphatic carbocycles. The van der Waals surface area contributed by atoms with E-state index in [1.165, 1.54) is 9.79 Å². The third kappa shape index (κ3) is 2.60. The van der Waals surface area contributed by atoms with Crippen molar-refractivity contribution in [3.8, 4) is 0 Å². The average Bonchev–Trinajstić information content (AvgIpc) is 2.59. The van der Waals surface area contributed by atoms with Gasteiger partial charge in [-0.05, 0) is 53.1 Å². The second-order valence-corrected chi connectivity index (χ2v) is 6.62. The molecule has 0 spiro atoms. The van der Waals surface area contributed by atoms with E-state index in [4.69, 9.17) is 5.73 Å². The van der Waals surface area contributed by atoms with Gasteiger partial charge in [-0.25, -0.2) is 0 Å². The van der Waals surface area contributed by atoms with E-state index in [-0.39, 0.29) is 0 Å². The van der Waals surface area contributed by atoms with E-state index in [1.54, 1.807) is 11.8 Å². The van der Waals surface area contributed by atoms with Crippen molar-refractivity contribution in [3.63, 3.8) is 0 Å². The van der Waals surface area contributed by atoms with E-state index in [1.807, 2.05) is 30.3 Å². The van der Waals surface area contributed by atoms with Crippen LogP contribution in [0.5, 0.6) is 0 Å². The summed E-state index contributed by atoms with van der Waals surface area (Å²) >= 11 is 1.79. The van der Waals surface area contributed by atoms with Crippen LogP contribution in [-0.4, -0.2) is 0 Å². The first kappa shape index (κ1) is 14.0. The summed E-state index contributed by atoms with van der Waals surface area (Å²) in [7, 11) is 0. The molecule has 0 aromatic heterocycles. The fraction of sp³-hybridized carbons (Fsp3) is 0. The monoisotopic (exact) mass is 316 g/mol. The van der Waals surface area contributed by atoms with Gasteiger partial charge in [0.05, 0.1) is 11.4 Å². The Kier molecular flexibility index (Phi) is 3.36. The highest BCUT2D eigenvalue weighted by atomic mass is 32.2. The van der Waals surface area contributed by atoms with Gasteiger partial charge in [-0.2, -0.15) is 0 Å². The number of benzene rings is 3. The van der Waals surface area contributed by atoms with Gasteiger partial charge in [0.1, 0.15) is 0 Å². The summed E-state index contributed by atoms with van der Waals surface area (Å²) in [5.74, 6) is 0. The molecule has 1 aliphatic rings. The highest BCUT2D eigenvalue weighted by Gasteiger charge is 2.16. The Balaban J connectivity index is 1.70. The Hall–Kier alpha value is -2.65. The molecule has 0 unspecified atom stereocenters. The molecular weight excluding hydrogens is 300 g/mol. The maximum atomic E-state index is 5.88. The number of nitrogens with one attached hydrogen (secondary N) is 1. The van der Waals surface area contributed by atoms with Crippen molar-refractivity contribution in [1.82, 2.24) is 0 Å². The van der Waals surface area contributed by atoms with Crippen LogP contribution in [0.25, 0.3) is 5.57 Å². The van der Waals surface area contributed by atoms with Crippen LogP contribution in [0, 0.1) is 0 Å². The van der Waals surface area contributed by atoms with E-state index in [2.05, 4.69) is 48.3 Å². The number of nitrogen functional groups attached to an aromatic ring is 1. The van der Waals surface area contributed by atoms with E-state index >= 15 is 0 Å². The smallest absolute Gasteiger partial charge is 0.0532 e. The van der Waals surface area contributed by atoms with Gasteiger partial charge in [-0.1, -0.05) is 48.7 Å². The third-order valence-corrected chi connectivity index (χ3v) is 5.09. The molecule has 2 nitrogen and oxygen atoms in total. The molecule has 0 saturated carbocycles. The van der Waals surface area contributed by atoms with E-state index in [9.17, 15) is 0 Å². The van der Waals surface area contributed by atoms with E-state index in [0.717, 1.165) is 33.8 Å². The first-order valence-electron chi connectivity index (χ1n) is 7.44. The van der Waals surface area contributed by atoms with Crippen molar-refractivity contribution in [2.24, 2.45) is 0 Å². The Labute approximate surface area is 140 Å². The maximum Gasteiger partial charge on any atom is 0.0532 e. The zero-order chi connectivity index (χ0) is 15.8. The molecule has 3 heteroatoms. The van der Waals surface area contributed by atoms with Crippen LogP contribution in [0.4, 0.5) is 17.1 Å². The van der Waals surface area contributed by atoms with Crippen molar-refractivity contribution in [2.45, 2.75) is 9.79 Å². The fourth-order valence-corrected chi connectivity index (χ4v) is 3.69. The van der Waals surface area contributed by atoms with Crippen molar-refractivity contribution in [2.75, 3.05) is 11.1 Å². The van der Waals surface area contributed by atoms with Crippen LogP contribution in [0.15, 0.2) is 83.1 Å². The lowest BCUT2D eigenvalue weighted by molar-refractivity contribution is 1.31. The quantitative estimate of drug-likeness (QED) is 0.477.